The van der Waals surface area contributed by atoms with Gasteiger partial charge in [-0.15, -0.1) is 0 Å². The van der Waals surface area contributed by atoms with Crippen LogP contribution in [0.5, 0.6) is 0 Å². The molecule has 4 aromatic rings. The quantitative estimate of drug-likeness (QED) is 0.451. The summed E-state index contributed by atoms with van der Waals surface area (Å²) in [6.07, 6.45) is -3.87. The number of ether oxygens (including phenoxy) is 1. The molecule has 10 heteroatoms. The van der Waals surface area contributed by atoms with Crippen molar-refractivity contribution >= 4 is 17.1 Å². The normalized spacial score (nSPS) is 18.5. The lowest BCUT2D eigenvalue weighted by Gasteiger charge is -2.37. The molecule has 1 N–H and O–H groups in total. The molecule has 2 unspecified atom stereocenters. The van der Waals surface area contributed by atoms with Crippen molar-refractivity contribution in [3.8, 4) is 11.1 Å². The number of pyridine rings is 1. The number of aryl methyl sites for hydroxylation is 1. The molecule has 0 spiro atoms. The molecule has 1 amide bonds. The molecule has 0 saturated carbocycles. The Morgan fingerprint density at radius 3 is 2.64 bits per heavy atom. The number of amides is 1. The highest BCUT2D eigenvalue weighted by molar-refractivity contribution is 5.95. The Labute approximate surface area is 204 Å². The number of benzene rings is 2. The van der Waals surface area contributed by atoms with Crippen molar-refractivity contribution in [1.29, 1.82) is 0 Å². The molecular formula is C26H23F3N4O3. The third-order valence-corrected chi connectivity index (χ3v) is 6.33. The van der Waals surface area contributed by atoms with Crippen LogP contribution in [0.4, 0.5) is 13.2 Å². The van der Waals surface area contributed by atoms with E-state index >= 15 is 0 Å². The number of rotatable bonds is 3. The van der Waals surface area contributed by atoms with Gasteiger partial charge in [0.05, 0.1) is 23.7 Å². The summed E-state index contributed by atoms with van der Waals surface area (Å²) in [6.45, 7) is 2.24. The van der Waals surface area contributed by atoms with Gasteiger partial charge in [0.25, 0.3) is 5.91 Å². The molecule has 1 saturated heterocycles. The van der Waals surface area contributed by atoms with E-state index in [9.17, 15) is 22.8 Å². The van der Waals surface area contributed by atoms with Gasteiger partial charge in [0.15, 0.2) is 5.65 Å². The third kappa shape index (κ3) is 4.51. The molecule has 0 bridgehead atoms. The third-order valence-electron chi connectivity index (χ3n) is 6.33. The highest BCUT2D eigenvalue weighted by Crippen LogP contribution is 2.33. The lowest BCUT2D eigenvalue weighted by atomic mass is 10.0. The predicted octanol–water partition coefficient (Wildman–Crippen LogP) is 4.55. The molecule has 0 radical (unpaired) electrons. The van der Waals surface area contributed by atoms with Gasteiger partial charge in [0, 0.05) is 30.9 Å². The van der Waals surface area contributed by atoms with Crippen LogP contribution in [-0.2, 0) is 18.0 Å². The number of aromatic nitrogens is 3. The monoisotopic (exact) mass is 496 g/mol. The maximum absolute atomic E-state index is 13.4. The number of imidazole rings is 1. The van der Waals surface area contributed by atoms with Crippen molar-refractivity contribution < 1.29 is 22.7 Å². The fourth-order valence-electron chi connectivity index (χ4n) is 4.49. The molecule has 1 fully saturated rings. The van der Waals surface area contributed by atoms with Gasteiger partial charge in [0.2, 0.25) is 0 Å². The van der Waals surface area contributed by atoms with Crippen molar-refractivity contribution in [1.82, 2.24) is 19.4 Å². The minimum atomic E-state index is -4.46. The molecular weight excluding hydrogens is 473 g/mol. The summed E-state index contributed by atoms with van der Waals surface area (Å²) in [4.78, 5) is 33.9. The first-order chi connectivity index (χ1) is 17.1. The molecule has 2 aromatic carbocycles. The minimum absolute atomic E-state index is 0.133. The van der Waals surface area contributed by atoms with E-state index in [0.717, 1.165) is 23.3 Å². The zero-order valence-electron chi connectivity index (χ0n) is 19.5. The average molecular weight is 496 g/mol. The molecule has 2 atom stereocenters. The first-order valence-corrected chi connectivity index (χ1v) is 11.4. The molecule has 0 aliphatic carbocycles. The molecule has 36 heavy (non-hydrogen) atoms. The second-order valence-electron chi connectivity index (χ2n) is 8.93. The van der Waals surface area contributed by atoms with Gasteiger partial charge in [-0.3, -0.25) is 14.3 Å². The average Bonchev–Trinajstić information content (AvgIpc) is 3.15. The zero-order chi connectivity index (χ0) is 25.6. The Bertz CT molecular complexity index is 1510. The summed E-state index contributed by atoms with van der Waals surface area (Å²) in [7, 11) is 1.65. The van der Waals surface area contributed by atoms with E-state index in [1.807, 2.05) is 12.1 Å². The Kier molecular flexibility index (Phi) is 5.91. The fraction of sp³-hybridized carbons (Fsp3) is 0.269. The number of carbonyl (C=O) groups is 1. The van der Waals surface area contributed by atoms with E-state index in [4.69, 9.17) is 4.74 Å². The molecule has 1 aliphatic rings. The van der Waals surface area contributed by atoms with Crippen LogP contribution in [0, 0.1) is 0 Å². The molecule has 7 nitrogen and oxygen atoms in total. The van der Waals surface area contributed by atoms with E-state index in [1.165, 1.54) is 10.6 Å². The van der Waals surface area contributed by atoms with Gasteiger partial charge >= 0.3 is 11.9 Å². The molecule has 5 rings (SSSR count). The maximum atomic E-state index is 13.4. The maximum Gasteiger partial charge on any atom is 0.416 e. The van der Waals surface area contributed by atoms with Crippen LogP contribution in [0.1, 0.15) is 34.5 Å². The zero-order valence-corrected chi connectivity index (χ0v) is 19.5. The molecule has 186 valence electrons. The summed E-state index contributed by atoms with van der Waals surface area (Å²) in [6, 6.07) is 13.9. The minimum Gasteiger partial charge on any atom is -0.367 e. The number of H-pyrrole nitrogens is 1. The van der Waals surface area contributed by atoms with Crippen LogP contribution in [-0.4, -0.2) is 44.5 Å². The number of morpholine rings is 1. The number of fused-ring (bicyclic) bond motifs is 1. The fourth-order valence-corrected chi connectivity index (χ4v) is 4.49. The van der Waals surface area contributed by atoms with Gasteiger partial charge < -0.3 is 9.64 Å². The number of hydrogen-bond donors (Lipinski definition) is 1. The van der Waals surface area contributed by atoms with E-state index < -0.39 is 17.8 Å². The van der Waals surface area contributed by atoms with Crippen molar-refractivity contribution in [2.24, 2.45) is 7.05 Å². The Hall–Kier alpha value is -3.92. The van der Waals surface area contributed by atoms with Crippen molar-refractivity contribution in [2.45, 2.75) is 25.3 Å². The van der Waals surface area contributed by atoms with E-state index in [2.05, 4.69) is 9.97 Å². The van der Waals surface area contributed by atoms with E-state index in [1.54, 1.807) is 49.3 Å². The number of aromatic amines is 1. The van der Waals surface area contributed by atoms with Crippen LogP contribution in [0.15, 0.2) is 65.6 Å². The van der Waals surface area contributed by atoms with E-state index in [-0.39, 0.29) is 24.2 Å². The van der Waals surface area contributed by atoms with Crippen LogP contribution >= 0.6 is 0 Å². The Balaban J connectivity index is 1.41. The summed E-state index contributed by atoms with van der Waals surface area (Å²) < 4.78 is 47.0. The van der Waals surface area contributed by atoms with Gasteiger partial charge in [-0.2, -0.15) is 13.2 Å². The second-order valence-corrected chi connectivity index (χ2v) is 8.93. The first-order valence-electron chi connectivity index (χ1n) is 11.4. The molecule has 2 aromatic heterocycles. The smallest absolute Gasteiger partial charge is 0.367 e. The van der Waals surface area contributed by atoms with Gasteiger partial charge in [-0.25, -0.2) is 9.78 Å². The number of alkyl halides is 3. The summed E-state index contributed by atoms with van der Waals surface area (Å²) >= 11 is 0. The highest BCUT2D eigenvalue weighted by atomic mass is 19.4. The standard InChI is InChI=1S/C26H23F3N4O3/c1-15-13-33(14-22(36-15)17-6-4-8-20(10-17)26(27,28)29)24(34)18-7-3-5-16(9-18)19-11-21-23(30-12-19)31-25(35)32(21)2/h3-12,15,22H,13-14H2,1-2H3,(H,30,31,35). The van der Waals surface area contributed by atoms with Crippen LogP contribution < -0.4 is 5.69 Å². The predicted molar refractivity (Wildman–Crippen MR) is 127 cm³/mol. The van der Waals surface area contributed by atoms with Crippen LogP contribution in [0.2, 0.25) is 0 Å². The van der Waals surface area contributed by atoms with Gasteiger partial charge in [0.1, 0.15) is 6.10 Å². The highest BCUT2D eigenvalue weighted by Gasteiger charge is 2.34. The van der Waals surface area contributed by atoms with E-state index in [0.29, 0.717) is 28.8 Å². The Morgan fingerprint density at radius 1 is 1.08 bits per heavy atom. The van der Waals surface area contributed by atoms with Crippen LogP contribution in [0.25, 0.3) is 22.3 Å². The summed E-state index contributed by atoms with van der Waals surface area (Å²) in [5.41, 5.74) is 2.39. The van der Waals surface area contributed by atoms with Crippen molar-refractivity contribution in [3.05, 3.63) is 88.0 Å². The summed E-state index contributed by atoms with van der Waals surface area (Å²) in [5.74, 6) is -0.243. The van der Waals surface area contributed by atoms with Gasteiger partial charge in [-0.05, 0) is 48.4 Å². The van der Waals surface area contributed by atoms with Crippen molar-refractivity contribution in [3.63, 3.8) is 0 Å². The largest absolute Gasteiger partial charge is 0.416 e. The Morgan fingerprint density at radius 2 is 1.86 bits per heavy atom. The topological polar surface area (TPSA) is 80.2 Å². The van der Waals surface area contributed by atoms with Crippen LogP contribution in [0.3, 0.4) is 0 Å². The number of hydrogen-bond acceptors (Lipinski definition) is 4. The lowest BCUT2D eigenvalue weighted by molar-refractivity contribution is -0.137. The number of halogens is 3. The SMILES string of the molecule is CC1CN(C(=O)c2cccc(-c3cnc4[nH]c(=O)n(C)c4c3)c2)CC(c2cccc(C(F)(F)F)c2)O1. The second kappa shape index (κ2) is 8.94. The number of nitrogens with zero attached hydrogens (tertiary/aromatic N) is 3. The molecule has 3 heterocycles. The number of carbonyl (C=O) groups excluding carboxylic acids is 1. The van der Waals surface area contributed by atoms with Gasteiger partial charge in [-0.1, -0.05) is 24.3 Å². The lowest BCUT2D eigenvalue weighted by Crippen LogP contribution is -2.46. The first kappa shape index (κ1) is 23.8. The summed E-state index contributed by atoms with van der Waals surface area (Å²) in [5, 5.41) is 0. The number of nitrogens with one attached hydrogen (secondary N) is 1. The van der Waals surface area contributed by atoms with Crippen molar-refractivity contribution in [2.75, 3.05) is 13.1 Å². The molecule has 1 aliphatic heterocycles.